The molecule has 1 aliphatic heterocycles. The van der Waals surface area contributed by atoms with Gasteiger partial charge in [0.2, 0.25) is 11.4 Å². The molecule has 0 aliphatic carbocycles. The van der Waals surface area contributed by atoms with Crippen molar-refractivity contribution in [3.63, 3.8) is 0 Å². The number of rotatable bonds is 4. The summed E-state index contributed by atoms with van der Waals surface area (Å²) in [6.07, 6.45) is 11.0. The standard InChI is InChI=1S/C33H27N2/c1-24-28-18-9-11-22-34(28)30(32(24)26-14-5-3-6-15-26)20-13-21-31-33(27-16-7-4-8-17-27)25(2)29-19-10-12-23-35(29)31/h3-23H,1-2H3/q+1. The van der Waals surface area contributed by atoms with Crippen molar-refractivity contribution in [2.75, 3.05) is 0 Å². The third-order valence-corrected chi connectivity index (χ3v) is 6.90. The van der Waals surface area contributed by atoms with E-state index in [1.807, 2.05) is 0 Å². The highest BCUT2D eigenvalue weighted by atomic mass is 15.0. The molecule has 0 spiro atoms. The fourth-order valence-corrected chi connectivity index (χ4v) is 5.29. The molecule has 35 heavy (non-hydrogen) atoms. The Labute approximate surface area is 206 Å². The van der Waals surface area contributed by atoms with Gasteiger partial charge >= 0.3 is 0 Å². The summed E-state index contributed by atoms with van der Waals surface area (Å²) in [7, 11) is 0. The minimum atomic E-state index is 1.19. The van der Waals surface area contributed by atoms with Gasteiger partial charge in [-0.05, 0) is 54.8 Å². The average Bonchev–Trinajstić information content (AvgIpc) is 3.36. The number of nitrogens with zero attached hydrogens (tertiary/aromatic N) is 2. The molecule has 6 rings (SSSR count). The summed E-state index contributed by atoms with van der Waals surface area (Å²) < 4.78 is 4.59. The molecule has 1 aliphatic rings. The van der Waals surface area contributed by atoms with Crippen LogP contribution in [0.25, 0.3) is 39.6 Å². The number of aryl methyl sites for hydroxylation is 1. The molecule has 0 N–H and O–H groups in total. The van der Waals surface area contributed by atoms with E-state index >= 15 is 0 Å². The van der Waals surface area contributed by atoms with Crippen molar-refractivity contribution in [2.45, 2.75) is 13.8 Å². The predicted octanol–water partition coefficient (Wildman–Crippen LogP) is 7.70. The van der Waals surface area contributed by atoms with Crippen LogP contribution in [0.4, 0.5) is 0 Å². The van der Waals surface area contributed by atoms with Crippen molar-refractivity contribution in [2.24, 2.45) is 0 Å². The molecule has 2 nitrogen and oxygen atoms in total. The topological polar surface area (TPSA) is 8.29 Å². The first-order valence-electron chi connectivity index (χ1n) is 12.1. The van der Waals surface area contributed by atoms with Crippen LogP contribution in [-0.2, 0) is 0 Å². The molecule has 0 amide bonds. The second-order valence-electron chi connectivity index (χ2n) is 8.94. The highest BCUT2D eigenvalue weighted by Crippen LogP contribution is 2.37. The zero-order valence-corrected chi connectivity index (χ0v) is 20.0. The van der Waals surface area contributed by atoms with Gasteiger partial charge in [-0.3, -0.25) is 0 Å². The molecule has 0 fully saturated rings. The van der Waals surface area contributed by atoms with Gasteiger partial charge in [0.15, 0.2) is 6.20 Å². The van der Waals surface area contributed by atoms with Gasteiger partial charge in [0.25, 0.3) is 0 Å². The molecule has 0 unspecified atom stereocenters. The van der Waals surface area contributed by atoms with Gasteiger partial charge in [-0.25, -0.2) is 0 Å². The molecule has 5 aromatic rings. The highest BCUT2D eigenvalue weighted by molar-refractivity contribution is 6.09. The molecular formula is C33H27N2+. The number of fused-ring (bicyclic) bond motifs is 2. The molecular weight excluding hydrogens is 424 g/mol. The lowest BCUT2D eigenvalue weighted by Gasteiger charge is -2.04. The van der Waals surface area contributed by atoms with Crippen molar-refractivity contribution in [3.05, 3.63) is 144 Å². The normalized spacial score (nSPS) is 14.4. The summed E-state index contributed by atoms with van der Waals surface area (Å²) in [5.74, 6) is 0. The van der Waals surface area contributed by atoms with Crippen LogP contribution in [0.1, 0.15) is 29.4 Å². The Balaban J connectivity index is 1.51. The maximum atomic E-state index is 2.29. The highest BCUT2D eigenvalue weighted by Gasteiger charge is 2.32. The van der Waals surface area contributed by atoms with E-state index in [2.05, 4.69) is 150 Å². The maximum absolute atomic E-state index is 2.29. The summed E-state index contributed by atoms with van der Waals surface area (Å²) in [6.45, 7) is 4.44. The van der Waals surface area contributed by atoms with Crippen LogP contribution in [0, 0.1) is 6.92 Å². The third-order valence-electron chi connectivity index (χ3n) is 6.90. The molecule has 0 saturated carbocycles. The molecule has 0 saturated heterocycles. The zero-order chi connectivity index (χ0) is 23.8. The molecule has 0 radical (unpaired) electrons. The Hall–Kier alpha value is -4.43. The van der Waals surface area contributed by atoms with Crippen LogP contribution < -0.4 is 4.57 Å². The molecule has 0 atom stereocenters. The van der Waals surface area contributed by atoms with Crippen LogP contribution in [0.2, 0.25) is 0 Å². The van der Waals surface area contributed by atoms with Crippen LogP contribution >= 0.6 is 0 Å². The summed E-state index contributed by atoms with van der Waals surface area (Å²) in [5.41, 5.74) is 12.5. The van der Waals surface area contributed by atoms with Crippen LogP contribution in [-0.4, -0.2) is 4.40 Å². The van der Waals surface area contributed by atoms with Gasteiger partial charge in [0.05, 0.1) is 11.3 Å². The second-order valence-corrected chi connectivity index (χ2v) is 8.94. The molecule has 3 aromatic heterocycles. The van der Waals surface area contributed by atoms with Gasteiger partial charge in [0.1, 0.15) is 0 Å². The van der Waals surface area contributed by atoms with Crippen molar-refractivity contribution < 1.29 is 4.57 Å². The minimum Gasteiger partial charge on any atom is -0.316 e. The Morgan fingerprint density at radius 1 is 0.714 bits per heavy atom. The van der Waals surface area contributed by atoms with Gasteiger partial charge in [-0.1, -0.05) is 72.8 Å². The van der Waals surface area contributed by atoms with Gasteiger partial charge < -0.3 is 4.40 Å². The Morgan fingerprint density at radius 3 is 2.17 bits per heavy atom. The molecule has 168 valence electrons. The smallest absolute Gasteiger partial charge is 0.219 e. The second kappa shape index (κ2) is 8.73. The van der Waals surface area contributed by atoms with Crippen molar-refractivity contribution in [1.29, 1.82) is 0 Å². The van der Waals surface area contributed by atoms with Crippen molar-refractivity contribution in [1.82, 2.24) is 4.40 Å². The summed E-state index contributed by atoms with van der Waals surface area (Å²) in [6, 6.07) is 34.2. The lowest BCUT2D eigenvalue weighted by atomic mass is 9.98. The Kier molecular flexibility index (Phi) is 5.27. The predicted molar refractivity (Wildman–Crippen MR) is 146 cm³/mol. The fourth-order valence-electron chi connectivity index (χ4n) is 5.29. The number of benzene rings is 2. The van der Waals surface area contributed by atoms with E-state index in [4.69, 9.17) is 0 Å². The molecule has 0 bridgehead atoms. The van der Waals surface area contributed by atoms with Crippen molar-refractivity contribution in [3.8, 4) is 11.1 Å². The summed E-state index contributed by atoms with van der Waals surface area (Å²) in [5, 5.41) is 0. The van der Waals surface area contributed by atoms with Gasteiger partial charge in [0, 0.05) is 41.1 Å². The third kappa shape index (κ3) is 3.55. The first-order chi connectivity index (χ1) is 17.2. The Morgan fingerprint density at radius 2 is 1.40 bits per heavy atom. The lowest BCUT2D eigenvalue weighted by molar-refractivity contribution is -0.577. The molecule has 2 aromatic carbocycles. The van der Waals surface area contributed by atoms with E-state index in [9.17, 15) is 0 Å². The zero-order valence-electron chi connectivity index (χ0n) is 20.0. The fraction of sp³-hybridized carbons (Fsp3) is 0.0606. The number of allylic oxidation sites excluding steroid dienone is 5. The number of pyridine rings is 2. The van der Waals surface area contributed by atoms with Gasteiger partial charge in [-0.2, -0.15) is 4.57 Å². The van der Waals surface area contributed by atoms with Gasteiger partial charge in [-0.15, -0.1) is 0 Å². The van der Waals surface area contributed by atoms with E-state index in [-0.39, 0.29) is 0 Å². The average molecular weight is 452 g/mol. The molecule has 4 heterocycles. The summed E-state index contributed by atoms with van der Waals surface area (Å²) >= 11 is 0. The SMILES string of the molecule is CC1=C(c2ccccc2)/C(=C\C=Cc2c(-c3ccccc3)c(C)c3ccccn23)[n+]2ccccc21. The maximum Gasteiger partial charge on any atom is 0.219 e. The quantitative estimate of drug-likeness (QED) is 0.247. The van der Waals surface area contributed by atoms with E-state index in [0.717, 1.165) is 0 Å². The van der Waals surface area contributed by atoms with E-state index in [0.29, 0.717) is 0 Å². The van der Waals surface area contributed by atoms with Crippen LogP contribution in [0.5, 0.6) is 0 Å². The number of hydrogen-bond donors (Lipinski definition) is 0. The van der Waals surface area contributed by atoms with Crippen LogP contribution in [0.3, 0.4) is 0 Å². The van der Waals surface area contributed by atoms with E-state index < -0.39 is 0 Å². The monoisotopic (exact) mass is 451 g/mol. The number of aromatic nitrogens is 2. The van der Waals surface area contributed by atoms with E-state index in [1.165, 1.54) is 56.0 Å². The van der Waals surface area contributed by atoms with E-state index in [1.54, 1.807) is 0 Å². The number of hydrogen-bond acceptors (Lipinski definition) is 0. The lowest BCUT2D eigenvalue weighted by Crippen LogP contribution is -2.32. The molecule has 2 heteroatoms. The first kappa shape index (κ1) is 21.1. The van der Waals surface area contributed by atoms with Crippen LogP contribution in [0.15, 0.2) is 122 Å². The Bertz CT molecular complexity index is 1630. The first-order valence-corrected chi connectivity index (χ1v) is 12.1. The minimum absolute atomic E-state index is 1.19. The van der Waals surface area contributed by atoms with Crippen molar-refractivity contribution >= 4 is 28.4 Å². The largest absolute Gasteiger partial charge is 0.316 e. The summed E-state index contributed by atoms with van der Waals surface area (Å²) in [4.78, 5) is 0.